The molecule has 0 spiro atoms. The van der Waals surface area contributed by atoms with Crippen molar-refractivity contribution in [3.8, 4) is 0 Å². The van der Waals surface area contributed by atoms with Gasteiger partial charge in [0.25, 0.3) is 10.0 Å². The summed E-state index contributed by atoms with van der Waals surface area (Å²) in [7, 11) is -0.726. The Bertz CT molecular complexity index is 1140. The maximum absolute atomic E-state index is 12.5. The first-order valence-corrected chi connectivity index (χ1v) is 8.69. The first kappa shape index (κ1) is 16.8. The summed E-state index contributed by atoms with van der Waals surface area (Å²) in [5.74, 6) is -1.34. The molecule has 3 rings (SSSR count). The zero-order valence-corrected chi connectivity index (χ0v) is 14.2. The number of sulfonamides is 1. The summed E-state index contributed by atoms with van der Waals surface area (Å²) in [6.45, 7) is 0. The molecule has 25 heavy (non-hydrogen) atoms. The smallest absolute Gasteiger partial charge is 0.328 e. The average molecular weight is 360 g/mol. The summed E-state index contributed by atoms with van der Waals surface area (Å²) in [6, 6.07) is 9.53. The van der Waals surface area contributed by atoms with Crippen LogP contribution in [0.15, 0.2) is 52.2 Å². The molecule has 0 saturated carbocycles. The van der Waals surface area contributed by atoms with Crippen molar-refractivity contribution in [3.05, 3.63) is 58.5 Å². The van der Waals surface area contributed by atoms with Crippen LogP contribution >= 0.6 is 0 Å². The minimum absolute atomic E-state index is 0.00909. The van der Waals surface area contributed by atoms with Crippen LogP contribution in [0.4, 0.5) is 5.69 Å². The van der Waals surface area contributed by atoms with Crippen molar-refractivity contribution in [2.24, 2.45) is 14.1 Å². The van der Waals surface area contributed by atoms with Crippen LogP contribution in [0.3, 0.4) is 0 Å². The number of hydrogen-bond acceptors (Lipinski definition) is 5. The fraction of sp³-hybridized carbons (Fsp3) is 0.125. The van der Waals surface area contributed by atoms with E-state index in [1.54, 1.807) is 20.2 Å². The highest BCUT2D eigenvalue weighted by atomic mass is 32.2. The van der Waals surface area contributed by atoms with Gasteiger partial charge in [-0.25, -0.2) is 13.2 Å². The van der Waals surface area contributed by atoms with Gasteiger partial charge in [0.15, 0.2) is 0 Å². The lowest BCUT2D eigenvalue weighted by Crippen LogP contribution is -2.22. The number of fused-ring (bicyclic) bond motifs is 1. The Balaban J connectivity index is 1.99. The predicted molar refractivity (Wildman–Crippen MR) is 89.7 cm³/mol. The first-order chi connectivity index (χ1) is 11.7. The Morgan fingerprint density at radius 1 is 1.00 bits per heavy atom. The molecule has 0 saturated heterocycles. The van der Waals surface area contributed by atoms with E-state index in [2.05, 4.69) is 4.72 Å². The maximum atomic E-state index is 12.5. The second-order valence-electron chi connectivity index (χ2n) is 5.52. The highest BCUT2D eigenvalue weighted by Gasteiger charge is 2.17. The molecule has 0 atom stereocenters. The van der Waals surface area contributed by atoms with Crippen molar-refractivity contribution in [3.63, 3.8) is 0 Å². The summed E-state index contributed by atoms with van der Waals surface area (Å²) < 4.78 is 30.2. The molecule has 0 fully saturated rings. The molecule has 0 unspecified atom stereocenters. The number of rotatable bonds is 4. The van der Waals surface area contributed by atoms with Gasteiger partial charge in [-0.05, 0) is 35.9 Å². The number of nitrogens with one attached hydrogen (secondary N) is 1. The topological polar surface area (TPSA) is 113 Å². The molecule has 0 radical (unpaired) electrons. The molecule has 8 nitrogen and oxygen atoms in total. The van der Waals surface area contributed by atoms with E-state index in [0.29, 0.717) is 11.0 Å². The molecular weight excluding hydrogens is 346 g/mol. The predicted octanol–water partition coefficient (Wildman–Crippen LogP) is 0.0413. The lowest BCUT2D eigenvalue weighted by molar-refractivity contribution is -0.255. The summed E-state index contributed by atoms with van der Waals surface area (Å²) in [5, 5.41) is 10.7. The number of anilines is 1. The van der Waals surface area contributed by atoms with Gasteiger partial charge in [0.2, 0.25) is 0 Å². The van der Waals surface area contributed by atoms with Crippen molar-refractivity contribution >= 4 is 32.7 Å². The summed E-state index contributed by atoms with van der Waals surface area (Å²) in [4.78, 5) is 22.7. The fourth-order valence-corrected chi connectivity index (χ4v) is 3.62. The standard InChI is InChI=1S/C16H15N3O5S/c1-18-13-8-7-12(9-14(13)19(2)16(18)22)25(23,24)17-11-5-3-10(4-6-11)15(20)21/h3-9,17H,1-2H3,(H,20,21)/p-1. The fourth-order valence-electron chi connectivity index (χ4n) is 2.54. The molecule has 1 heterocycles. The van der Waals surface area contributed by atoms with Crippen LogP contribution in [0.1, 0.15) is 10.4 Å². The van der Waals surface area contributed by atoms with Crippen LogP contribution in [0.5, 0.6) is 0 Å². The Labute approximate surface area is 143 Å². The van der Waals surface area contributed by atoms with Gasteiger partial charge < -0.3 is 9.90 Å². The van der Waals surface area contributed by atoms with Crippen LogP contribution in [0.2, 0.25) is 0 Å². The summed E-state index contributed by atoms with van der Waals surface area (Å²) >= 11 is 0. The molecule has 2 aromatic carbocycles. The number of imidazole rings is 1. The maximum Gasteiger partial charge on any atom is 0.328 e. The van der Waals surface area contributed by atoms with E-state index in [4.69, 9.17) is 0 Å². The van der Waals surface area contributed by atoms with Gasteiger partial charge in [-0.1, -0.05) is 12.1 Å². The van der Waals surface area contributed by atoms with Gasteiger partial charge in [-0.15, -0.1) is 0 Å². The van der Waals surface area contributed by atoms with E-state index in [-0.39, 0.29) is 21.8 Å². The Morgan fingerprint density at radius 2 is 1.60 bits per heavy atom. The Hall–Kier alpha value is -3.07. The quantitative estimate of drug-likeness (QED) is 0.706. The van der Waals surface area contributed by atoms with Crippen LogP contribution in [-0.2, 0) is 24.1 Å². The minimum Gasteiger partial charge on any atom is -0.545 e. The summed E-state index contributed by atoms with van der Waals surface area (Å²) in [6.07, 6.45) is 0. The van der Waals surface area contributed by atoms with E-state index >= 15 is 0 Å². The van der Waals surface area contributed by atoms with E-state index in [1.807, 2.05) is 0 Å². The Morgan fingerprint density at radius 3 is 2.20 bits per heavy atom. The number of carboxylic acid groups (broad SMARTS) is 1. The molecule has 1 aromatic heterocycles. The third kappa shape index (κ3) is 2.89. The summed E-state index contributed by atoms with van der Waals surface area (Å²) in [5.41, 5.74) is 1.01. The number of carboxylic acids is 1. The largest absolute Gasteiger partial charge is 0.545 e. The molecule has 1 N–H and O–H groups in total. The third-order valence-electron chi connectivity index (χ3n) is 3.93. The van der Waals surface area contributed by atoms with Crippen molar-refractivity contribution in [2.75, 3.05) is 4.72 Å². The lowest BCUT2D eigenvalue weighted by Gasteiger charge is -2.09. The molecule has 0 bridgehead atoms. The van der Waals surface area contributed by atoms with E-state index in [9.17, 15) is 23.1 Å². The SMILES string of the molecule is Cn1c(=O)n(C)c2cc(S(=O)(=O)Nc3ccc(C(=O)[O-])cc3)ccc21. The van der Waals surface area contributed by atoms with Crippen LogP contribution in [-0.4, -0.2) is 23.5 Å². The van der Waals surface area contributed by atoms with Gasteiger partial charge in [-0.3, -0.25) is 13.9 Å². The van der Waals surface area contributed by atoms with E-state index in [1.165, 1.54) is 45.5 Å². The second-order valence-corrected chi connectivity index (χ2v) is 7.20. The van der Waals surface area contributed by atoms with Crippen molar-refractivity contribution < 1.29 is 18.3 Å². The number of aromatic nitrogens is 2. The molecule has 3 aromatic rings. The zero-order valence-electron chi connectivity index (χ0n) is 13.4. The normalized spacial score (nSPS) is 11.6. The van der Waals surface area contributed by atoms with Crippen LogP contribution < -0.4 is 15.5 Å². The van der Waals surface area contributed by atoms with Gasteiger partial charge >= 0.3 is 5.69 Å². The third-order valence-corrected chi connectivity index (χ3v) is 5.31. The number of aryl methyl sites for hydroxylation is 2. The van der Waals surface area contributed by atoms with E-state index in [0.717, 1.165) is 0 Å². The first-order valence-electron chi connectivity index (χ1n) is 7.20. The highest BCUT2D eigenvalue weighted by Crippen LogP contribution is 2.21. The molecule has 130 valence electrons. The molecule has 0 aliphatic heterocycles. The van der Waals surface area contributed by atoms with E-state index < -0.39 is 16.0 Å². The van der Waals surface area contributed by atoms with Crippen molar-refractivity contribution in [1.82, 2.24) is 9.13 Å². The Kier molecular flexibility index (Phi) is 3.88. The van der Waals surface area contributed by atoms with Crippen LogP contribution in [0.25, 0.3) is 11.0 Å². The van der Waals surface area contributed by atoms with Gasteiger partial charge in [0.05, 0.1) is 21.9 Å². The molecular formula is C16H14N3O5S-. The van der Waals surface area contributed by atoms with Crippen molar-refractivity contribution in [1.29, 1.82) is 0 Å². The number of aromatic carboxylic acids is 1. The monoisotopic (exact) mass is 360 g/mol. The highest BCUT2D eigenvalue weighted by molar-refractivity contribution is 7.92. The molecule has 9 heteroatoms. The minimum atomic E-state index is -3.90. The number of benzene rings is 2. The van der Waals surface area contributed by atoms with Crippen molar-refractivity contribution in [2.45, 2.75) is 4.90 Å². The number of carbonyl (C=O) groups is 1. The van der Waals surface area contributed by atoms with Gasteiger partial charge in [0, 0.05) is 19.8 Å². The molecule has 0 aliphatic carbocycles. The van der Waals surface area contributed by atoms with Gasteiger partial charge in [0.1, 0.15) is 0 Å². The molecule has 0 aliphatic rings. The number of nitrogens with zero attached hydrogens (tertiary/aromatic N) is 2. The lowest BCUT2D eigenvalue weighted by atomic mass is 10.2. The molecule has 0 amide bonds. The second kappa shape index (κ2) is 5.78. The van der Waals surface area contributed by atoms with Crippen LogP contribution in [0, 0.1) is 0 Å². The zero-order chi connectivity index (χ0) is 18.4. The average Bonchev–Trinajstić information content (AvgIpc) is 2.79. The van der Waals surface area contributed by atoms with Gasteiger partial charge in [-0.2, -0.15) is 0 Å². The number of carbonyl (C=O) groups excluding carboxylic acids is 1. The number of hydrogen-bond donors (Lipinski definition) is 1.